The van der Waals surface area contributed by atoms with Gasteiger partial charge in [-0.15, -0.1) is 0 Å². The highest BCUT2D eigenvalue weighted by Crippen LogP contribution is 2.32. The number of benzene rings is 2. The molecule has 2 nitrogen and oxygen atoms in total. The first-order valence-electron chi connectivity index (χ1n) is 6.53. The molecular formula is C16H17ClFNO. The number of hydrogen-bond donors (Lipinski definition) is 1. The van der Waals surface area contributed by atoms with E-state index in [1.807, 2.05) is 13.0 Å². The van der Waals surface area contributed by atoms with Gasteiger partial charge in [-0.25, -0.2) is 4.39 Å². The molecule has 0 aliphatic carbocycles. The molecule has 1 atom stereocenters. The van der Waals surface area contributed by atoms with Gasteiger partial charge < -0.3 is 10.5 Å². The summed E-state index contributed by atoms with van der Waals surface area (Å²) in [5.41, 5.74) is 7.17. The fraction of sp³-hybridized carbons (Fsp3) is 0.250. The molecule has 0 fully saturated rings. The van der Waals surface area contributed by atoms with E-state index in [0.717, 1.165) is 12.0 Å². The molecule has 0 radical (unpaired) electrons. The van der Waals surface area contributed by atoms with Gasteiger partial charge in [-0.1, -0.05) is 24.6 Å². The quantitative estimate of drug-likeness (QED) is 0.874. The van der Waals surface area contributed by atoms with E-state index in [9.17, 15) is 4.39 Å². The van der Waals surface area contributed by atoms with Crippen molar-refractivity contribution in [2.24, 2.45) is 5.73 Å². The van der Waals surface area contributed by atoms with E-state index in [1.54, 1.807) is 31.2 Å². The Morgan fingerprint density at radius 3 is 2.70 bits per heavy atom. The highest BCUT2D eigenvalue weighted by Gasteiger charge is 2.14. The second kappa shape index (κ2) is 6.25. The maximum absolute atomic E-state index is 13.8. The Hall–Kier alpha value is -1.58. The molecule has 4 heteroatoms. The summed E-state index contributed by atoms with van der Waals surface area (Å²) in [5.74, 6) is 0.699. The molecule has 0 saturated carbocycles. The molecule has 0 saturated heterocycles. The van der Waals surface area contributed by atoms with Crippen LogP contribution in [-0.4, -0.2) is 0 Å². The smallest absolute Gasteiger partial charge is 0.135 e. The predicted octanol–water partition coefficient (Wildman–Crippen LogP) is 4.85. The average Bonchev–Trinajstić information content (AvgIpc) is 2.40. The minimum Gasteiger partial charge on any atom is -0.457 e. The van der Waals surface area contributed by atoms with Crippen molar-refractivity contribution in [1.82, 2.24) is 0 Å². The molecule has 0 bridgehead atoms. The molecule has 0 aliphatic heterocycles. The zero-order valence-corrected chi connectivity index (χ0v) is 12.2. The number of ether oxygens (including phenoxy) is 1. The molecule has 0 aromatic heterocycles. The van der Waals surface area contributed by atoms with Gasteiger partial charge in [0.2, 0.25) is 0 Å². The molecule has 1 unspecified atom stereocenters. The summed E-state index contributed by atoms with van der Waals surface area (Å²) in [6.45, 7) is 3.74. The van der Waals surface area contributed by atoms with Gasteiger partial charge in [-0.2, -0.15) is 0 Å². The maximum atomic E-state index is 13.8. The highest BCUT2D eigenvalue weighted by atomic mass is 35.5. The Balaban J connectivity index is 2.37. The lowest BCUT2D eigenvalue weighted by Gasteiger charge is -2.15. The normalized spacial score (nSPS) is 12.2. The third kappa shape index (κ3) is 3.11. The first-order chi connectivity index (χ1) is 9.52. The van der Waals surface area contributed by atoms with Crippen molar-refractivity contribution >= 4 is 11.6 Å². The van der Waals surface area contributed by atoms with Gasteiger partial charge in [0.25, 0.3) is 0 Å². The summed E-state index contributed by atoms with van der Waals surface area (Å²) in [4.78, 5) is 0. The second-order valence-electron chi connectivity index (χ2n) is 4.65. The van der Waals surface area contributed by atoms with Crippen molar-refractivity contribution in [3.05, 3.63) is 58.4 Å². The zero-order chi connectivity index (χ0) is 14.7. The van der Waals surface area contributed by atoms with Gasteiger partial charge in [0, 0.05) is 16.6 Å². The molecular weight excluding hydrogens is 277 g/mol. The van der Waals surface area contributed by atoms with Crippen molar-refractivity contribution in [1.29, 1.82) is 0 Å². The Kier molecular flexibility index (Phi) is 4.63. The van der Waals surface area contributed by atoms with Crippen LogP contribution in [-0.2, 0) is 6.42 Å². The van der Waals surface area contributed by atoms with Crippen LogP contribution in [0.2, 0.25) is 5.02 Å². The number of aryl methyl sites for hydroxylation is 1. The molecule has 2 aromatic rings. The summed E-state index contributed by atoms with van der Waals surface area (Å²) < 4.78 is 19.6. The fourth-order valence-electron chi connectivity index (χ4n) is 2.06. The number of nitrogens with two attached hydrogens (primary N) is 1. The van der Waals surface area contributed by atoms with Gasteiger partial charge in [-0.05, 0) is 49.2 Å². The van der Waals surface area contributed by atoms with Crippen LogP contribution >= 0.6 is 11.6 Å². The molecule has 0 spiro atoms. The average molecular weight is 294 g/mol. The van der Waals surface area contributed by atoms with Crippen molar-refractivity contribution in [2.45, 2.75) is 26.3 Å². The number of rotatable bonds is 4. The third-order valence-corrected chi connectivity index (χ3v) is 3.46. The first-order valence-corrected chi connectivity index (χ1v) is 6.91. The van der Waals surface area contributed by atoms with E-state index in [4.69, 9.17) is 22.1 Å². The van der Waals surface area contributed by atoms with Crippen LogP contribution in [0, 0.1) is 5.82 Å². The number of halogens is 2. The predicted molar refractivity (Wildman–Crippen MR) is 79.9 cm³/mol. The summed E-state index contributed by atoms with van der Waals surface area (Å²) in [6, 6.07) is 9.65. The molecule has 0 heterocycles. The van der Waals surface area contributed by atoms with Crippen LogP contribution in [0.1, 0.15) is 31.0 Å². The minimum absolute atomic E-state index is 0.359. The van der Waals surface area contributed by atoms with E-state index in [2.05, 4.69) is 0 Å². The fourth-order valence-corrected chi connectivity index (χ4v) is 2.31. The summed E-state index contributed by atoms with van der Waals surface area (Å²) >= 11 is 6.07. The molecule has 106 valence electrons. The monoisotopic (exact) mass is 293 g/mol. The highest BCUT2D eigenvalue weighted by molar-refractivity contribution is 6.31. The van der Waals surface area contributed by atoms with E-state index in [-0.39, 0.29) is 5.82 Å². The summed E-state index contributed by atoms with van der Waals surface area (Å²) in [5, 5.41) is 0.700. The first kappa shape index (κ1) is 14.8. The van der Waals surface area contributed by atoms with Crippen LogP contribution in [0.15, 0.2) is 36.4 Å². The largest absolute Gasteiger partial charge is 0.457 e. The Bertz CT molecular complexity index is 613. The number of hydrogen-bond acceptors (Lipinski definition) is 2. The Labute approximate surface area is 123 Å². The van der Waals surface area contributed by atoms with E-state index >= 15 is 0 Å². The Morgan fingerprint density at radius 2 is 2.05 bits per heavy atom. The topological polar surface area (TPSA) is 35.2 Å². The van der Waals surface area contributed by atoms with Crippen LogP contribution in [0.5, 0.6) is 11.5 Å². The lowest BCUT2D eigenvalue weighted by Crippen LogP contribution is -2.09. The summed E-state index contributed by atoms with van der Waals surface area (Å²) in [6.07, 6.45) is 0.805. The van der Waals surface area contributed by atoms with Crippen LogP contribution < -0.4 is 10.5 Å². The minimum atomic E-state index is -0.441. The third-order valence-electron chi connectivity index (χ3n) is 3.09. The molecule has 0 aliphatic rings. The van der Waals surface area contributed by atoms with Gasteiger partial charge in [0.15, 0.2) is 0 Å². The van der Waals surface area contributed by atoms with Crippen molar-refractivity contribution < 1.29 is 9.13 Å². The lowest BCUT2D eigenvalue weighted by molar-refractivity contribution is 0.460. The molecule has 2 aromatic carbocycles. The van der Waals surface area contributed by atoms with E-state index in [1.165, 1.54) is 6.07 Å². The van der Waals surface area contributed by atoms with E-state index < -0.39 is 6.04 Å². The second-order valence-corrected chi connectivity index (χ2v) is 5.06. The standard InChI is InChI=1S/C16H17ClFNO/c1-3-11-9-12(7-8-13(11)17)20-15-6-4-5-14(18)16(15)10(2)19/h4-10H,3,19H2,1-2H3. The zero-order valence-electron chi connectivity index (χ0n) is 11.5. The molecule has 20 heavy (non-hydrogen) atoms. The molecule has 0 amide bonds. The van der Waals surface area contributed by atoms with Gasteiger partial charge >= 0.3 is 0 Å². The summed E-state index contributed by atoms with van der Waals surface area (Å²) in [7, 11) is 0. The van der Waals surface area contributed by atoms with Crippen molar-refractivity contribution in [3.63, 3.8) is 0 Å². The van der Waals surface area contributed by atoms with Gasteiger partial charge in [-0.3, -0.25) is 0 Å². The maximum Gasteiger partial charge on any atom is 0.135 e. The van der Waals surface area contributed by atoms with E-state index in [0.29, 0.717) is 22.1 Å². The van der Waals surface area contributed by atoms with Gasteiger partial charge in [0.05, 0.1) is 0 Å². The van der Waals surface area contributed by atoms with Crippen LogP contribution in [0.25, 0.3) is 0 Å². The van der Waals surface area contributed by atoms with Gasteiger partial charge in [0.1, 0.15) is 17.3 Å². The van der Waals surface area contributed by atoms with Crippen LogP contribution in [0.3, 0.4) is 0 Å². The molecule has 2 rings (SSSR count). The van der Waals surface area contributed by atoms with Crippen molar-refractivity contribution in [3.8, 4) is 11.5 Å². The SMILES string of the molecule is CCc1cc(Oc2cccc(F)c2C(C)N)ccc1Cl. The van der Waals surface area contributed by atoms with Crippen LogP contribution in [0.4, 0.5) is 4.39 Å². The van der Waals surface area contributed by atoms with Crippen molar-refractivity contribution in [2.75, 3.05) is 0 Å². The lowest BCUT2D eigenvalue weighted by atomic mass is 10.1. The Morgan fingerprint density at radius 1 is 1.30 bits per heavy atom. The molecule has 2 N–H and O–H groups in total.